The highest BCUT2D eigenvalue weighted by Crippen LogP contribution is 2.16. The summed E-state index contributed by atoms with van der Waals surface area (Å²) in [5, 5.41) is 6.84. The summed E-state index contributed by atoms with van der Waals surface area (Å²) in [6.07, 6.45) is 5.04. The first-order valence-corrected chi connectivity index (χ1v) is 6.84. The molecule has 7 nitrogen and oxygen atoms in total. The largest absolute Gasteiger partial charge is 0.396 e. The number of hydrogen-bond donors (Lipinski definition) is 2. The molecule has 0 atom stereocenters. The van der Waals surface area contributed by atoms with Crippen LogP contribution in [0.1, 0.15) is 19.8 Å². The van der Waals surface area contributed by atoms with Gasteiger partial charge in [-0.2, -0.15) is 5.10 Å². The fourth-order valence-electron chi connectivity index (χ4n) is 2.38. The summed E-state index contributed by atoms with van der Waals surface area (Å²) >= 11 is 0. The van der Waals surface area contributed by atoms with Crippen molar-refractivity contribution in [2.24, 2.45) is 5.92 Å². The van der Waals surface area contributed by atoms with Gasteiger partial charge >= 0.3 is 0 Å². The van der Waals surface area contributed by atoms with Gasteiger partial charge in [0.2, 0.25) is 11.8 Å². The first-order valence-electron chi connectivity index (χ1n) is 6.84. The van der Waals surface area contributed by atoms with Crippen molar-refractivity contribution < 1.29 is 9.59 Å². The van der Waals surface area contributed by atoms with Crippen LogP contribution < -0.4 is 11.1 Å². The van der Waals surface area contributed by atoms with Crippen LogP contribution in [-0.4, -0.2) is 46.1 Å². The van der Waals surface area contributed by atoms with Crippen LogP contribution in [0.2, 0.25) is 0 Å². The zero-order valence-corrected chi connectivity index (χ0v) is 11.7. The van der Waals surface area contributed by atoms with Crippen molar-refractivity contribution in [1.29, 1.82) is 0 Å². The van der Waals surface area contributed by atoms with Gasteiger partial charge < -0.3 is 16.0 Å². The summed E-state index contributed by atoms with van der Waals surface area (Å²) in [5.41, 5.74) is 6.13. The summed E-state index contributed by atoms with van der Waals surface area (Å²) in [5.74, 6) is 0.522. The van der Waals surface area contributed by atoms with Crippen molar-refractivity contribution in [1.82, 2.24) is 20.0 Å². The smallest absolute Gasteiger partial charge is 0.244 e. The molecule has 1 fully saturated rings. The maximum absolute atomic E-state index is 12.1. The Kier molecular flexibility index (Phi) is 4.60. The highest BCUT2D eigenvalue weighted by Gasteiger charge is 2.23. The van der Waals surface area contributed by atoms with Gasteiger partial charge in [-0.05, 0) is 18.8 Å². The number of nitrogen functional groups attached to an aromatic ring is 1. The number of nitrogens with one attached hydrogen (secondary N) is 1. The lowest BCUT2D eigenvalue weighted by molar-refractivity contribution is -0.133. The molecule has 1 aliphatic heterocycles. The van der Waals surface area contributed by atoms with Gasteiger partial charge in [0, 0.05) is 32.8 Å². The third kappa shape index (κ3) is 3.97. The molecular formula is C13H21N5O2. The third-order valence-electron chi connectivity index (χ3n) is 3.56. The normalized spacial score (nSPS) is 16.1. The molecule has 0 spiro atoms. The Labute approximate surface area is 118 Å². The number of rotatable bonds is 4. The number of aromatic nitrogens is 2. The highest BCUT2D eigenvalue weighted by atomic mass is 16.2. The number of nitrogens with two attached hydrogens (primary N) is 1. The van der Waals surface area contributed by atoms with Gasteiger partial charge in [-0.15, -0.1) is 0 Å². The Morgan fingerprint density at radius 1 is 1.45 bits per heavy atom. The summed E-state index contributed by atoms with van der Waals surface area (Å²) in [4.78, 5) is 24.8. The summed E-state index contributed by atoms with van der Waals surface area (Å²) in [7, 11) is 0. The van der Waals surface area contributed by atoms with Crippen LogP contribution in [0, 0.1) is 5.92 Å². The molecule has 0 radical (unpaired) electrons. The topological polar surface area (TPSA) is 93.2 Å². The van der Waals surface area contributed by atoms with E-state index < -0.39 is 0 Å². The molecule has 0 saturated carbocycles. The minimum atomic E-state index is -0.000207. The maximum Gasteiger partial charge on any atom is 0.244 e. The molecule has 2 amide bonds. The fraction of sp³-hybridized carbons (Fsp3) is 0.615. The van der Waals surface area contributed by atoms with E-state index in [9.17, 15) is 9.59 Å². The van der Waals surface area contributed by atoms with E-state index >= 15 is 0 Å². The van der Waals surface area contributed by atoms with Gasteiger partial charge in [-0.25, -0.2) is 0 Å². The minimum Gasteiger partial charge on any atom is -0.396 e. The lowest BCUT2D eigenvalue weighted by Crippen LogP contribution is -2.42. The summed E-state index contributed by atoms with van der Waals surface area (Å²) < 4.78 is 1.56. The van der Waals surface area contributed by atoms with Crippen LogP contribution in [0.3, 0.4) is 0 Å². The number of amides is 2. The third-order valence-corrected chi connectivity index (χ3v) is 3.56. The average molecular weight is 279 g/mol. The Morgan fingerprint density at radius 3 is 2.70 bits per heavy atom. The van der Waals surface area contributed by atoms with Gasteiger partial charge in [0.25, 0.3) is 0 Å². The lowest BCUT2D eigenvalue weighted by Gasteiger charge is -2.32. The molecule has 7 heteroatoms. The minimum absolute atomic E-state index is 0.000207. The molecule has 2 heterocycles. The van der Waals surface area contributed by atoms with Gasteiger partial charge in [-0.3, -0.25) is 14.3 Å². The highest BCUT2D eigenvalue weighted by molar-refractivity contribution is 5.76. The second kappa shape index (κ2) is 6.40. The van der Waals surface area contributed by atoms with Crippen molar-refractivity contribution in [3.63, 3.8) is 0 Å². The molecule has 0 aromatic carbocycles. The second-order valence-electron chi connectivity index (χ2n) is 5.23. The standard InChI is InChI=1S/C13H21N5O2/c1-10(19)15-6-11-2-4-17(5-3-11)13(20)9-18-8-12(14)7-16-18/h7-8,11H,2-6,9,14H2,1H3,(H,15,19). The first-order chi connectivity index (χ1) is 9.54. The number of hydrogen-bond acceptors (Lipinski definition) is 4. The molecule has 110 valence electrons. The summed E-state index contributed by atoms with van der Waals surface area (Å²) in [6.45, 7) is 3.93. The monoisotopic (exact) mass is 279 g/mol. The molecule has 0 unspecified atom stereocenters. The number of carbonyl (C=O) groups is 2. The van der Waals surface area contributed by atoms with Crippen LogP contribution in [0.4, 0.5) is 5.69 Å². The van der Waals surface area contributed by atoms with E-state index in [-0.39, 0.29) is 18.4 Å². The number of piperidine rings is 1. The number of nitrogens with zero attached hydrogens (tertiary/aromatic N) is 3. The molecule has 1 aromatic rings. The van der Waals surface area contributed by atoms with E-state index in [4.69, 9.17) is 5.73 Å². The van der Waals surface area contributed by atoms with Crippen molar-refractivity contribution in [3.05, 3.63) is 12.4 Å². The Hall–Kier alpha value is -2.05. The second-order valence-corrected chi connectivity index (χ2v) is 5.23. The maximum atomic E-state index is 12.1. The van der Waals surface area contributed by atoms with E-state index in [2.05, 4.69) is 10.4 Å². The zero-order chi connectivity index (χ0) is 14.5. The molecule has 20 heavy (non-hydrogen) atoms. The predicted molar refractivity (Wildman–Crippen MR) is 74.6 cm³/mol. The van der Waals surface area contributed by atoms with Gasteiger partial charge in [0.15, 0.2) is 0 Å². The Balaban J connectivity index is 1.75. The molecule has 0 bridgehead atoms. The quantitative estimate of drug-likeness (QED) is 0.801. The van der Waals surface area contributed by atoms with Crippen molar-refractivity contribution in [3.8, 4) is 0 Å². The van der Waals surface area contributed by atoms with Crippen LogP contribution in [0.25, 0.3) is 0 Å². The lowest BCUT2D eigenvalue weighted by atomic mass is 9.97. The van der Waals surface area contributed by atoms with E-state index in [1.165, 1.54) is 13.1 Å². The summed E-state index contributed by atoms with van der Waals surface area (Å²) in [6, 6.07) is 0. The number of anilines is 1. The van der Waals surface area contributed by atoms with Crippen LogP contribution in [0.15, 0.2) is 12.4 Å². The number of carbonyl (C=O) groups excluding carboxylic acids is 2. The van der Waals surface area contributed by atoms with Crippen LogP contribution in [-0.2, 0) is 16.1 Å². The first kappa shape index (κ1) is 14.4. The van der Waals surface area contributed by atoms with Crippen molar-refractivity contribution in [2.75, 3.05) is 25.4 Å². The Bertz CT molecular complexity index is 477. The molecular weight excluding hydrogens is 258 g/mol. The molecule has 1 aromatic heterocycles. The molecule has 2 rings (SSSR count). The fourth-order valence-corrected chi connectivity index (χ4v) is 2.38. The van der Waals surface area contributed by atoms with Gasteiger partial charge in [-0.1, -0.05) is 0 Å². The van der Waals surface area contributed by atoms with E-state index in [0.717, 1.165) is 25.9 Å². The van der Waals surface area contributed by atoms with E-state index in [0.29, 0.717) is 18.2 Å². The molecule has 0 aliphatic carbocycles. The van der Waals surface area contributed by atoms with E-state index in [1.807, 2.05) is 4.90 Å². The van der Waals surface area contributed by atoms with Crippen molar-refractivity contribution >= 4 is 17.5 Å². The van der Waals surface area contributed by atoms with Gasteiger partial charge in [0.05, 0.1) is 11.9 Å². The SMILES string of the molecule is CC(=O)NCC1CCN(C(=O)Cn2cc(N)cn2)CC1. The predicted octanol–water partition coefficient (Wildman–Crippen LogP) is -0.160. The molecule has 3 N–H and O–H groups in total. The Morgan fingerprint density at radius 2 is 2.15 bits per heavy atom. The van der Waals surface area contributed by atoms with Crippen LogP contribution in [0.5, 0.6) is 0 Å². The van der Waals surface area contributed by atoms with Crippen molar-refractivity contribution in [2.45, 2.75) is 26.3 Å². The van der Waals surface area contributed by atoms with E-state index in [1.54, 1.807) is 10.9 Å². The molecule has 1 aliphatic rings. The average Bonchev–Trinajstić information content (AvgIpc) is 2.82. The zero-order valence-electron chi connectivity index (χ0n) is 11.7. The molecule has 1 saturated heterocycles. The van der Waals surface area contributed by atoms with Crippen LogP contribution >= 0.6 is 0 Å². The van der Waals surface area contributed by atoms with Gasteiger partial charge in [0.1, 0.15) is 6.54 Å². The number of likely N-dealkylation sites (tertiary alicyclic amines) is 1.